The van der Waals surface area contributed by atoms with Gasteiger partial charge in [0.05, 0.1) is 31.0 Å². The maximum absolute atomic E-state index is 14.6. The van der Waals surface area contributed by atoms with E-state index in [-0.39, 0.29) is 22.6 Å². The number of hydrogen-bond donors (Lipinski definition) is 5. The summed E-state index contributed by atoms with van der Waals surface area (Å²) in [5.41, 5.74) is 5.53. The number of aromatic amines is 1. The fourth-order valence-electron chi connectivity index (χ4n) is 3.80. The zero-order chi connectivity index (χ0) is 26.7. The Kier molecular flexibility index (Phi) is 6.91. The van der Waals surface area contributed by atoms with Crippen LogP contribution in [0.1, 0.15) is 33.4 Å². The number of para-hydroxylation sites is 1. The van der Waals surface area contributed by atoms with E-state index in [1.54, 1.807) is 30.3 Å². The van der Waals surface area contributed by atoms with E-state index in [4.69, 9.17) is 20.6 Å². The van der Waals surface area contributed by atoms with Crippen LogP contribution in [0.15, 0.2) is 65.5 Å². The Bertz CT molecular complexity index is 1550. The van der Waals surface area contributed by atoms with E-state index in [1.807, 2.05) is 0 Å². The van der Waals surface area contributed by atoms with Crippen LogP contribution >= 0.6 is 0 Å². The van der Waals surface area contributed by atoms with Crippen LogP contribution in [0, 0.1) is 11.2 Å². The topological polar surface area (TPSA) is 168 Å². The van der Waals surface area contributed by atoms with Crippen molar-refractivity contribution in [3.05, 3.63) is 99.5 Å². The van der Waals surface area contributed by atoms with Crippen LogP contribution in [0.2, 0.25) is 0 Å². The van der Waals surface area contributed by atoms with Gasteiger partial charge in [-0.05, 0) is 48.0 Å². The zero-order valence-electron chi connectivity index (χ0n) is 19.8. The minimum Gasteiger partial charge on any atom is -0.493 e. The minimum atomic E-state index is -1.22. The first-order valence-electron chi connectivity index (χ1n) is 10.9. The summed E-state index contributed by atoms with van der Waals surface area (Å²) in [6.07, 6.45) is 0. The minimum absolute atomic E-state index is 0.0591. The highest BCUT2D eigenvalue weighted by atomic mass is 19.1. The number of nitrogens with two attached hydrogens (primary N) is 1. The van der Waals surface area contributed by atoms with Crippen molar-refractivity contribution in [3.63, 3.8) is 0 Å². The molecule has 0 spiro atoms. The average Bonchev–Trinajstić information content (AvgIpc) is 3.27. The van der Waals surface area contributed by atoms with Crippen molar-refractivity contribution in [3.8, 4) is 17.2 Å². The summed E-state index contributed by atoms with van der Waals surface area (Å²) >= 11 is 0. The van der Waals surface area contributed by atoms with Crippen molar-refractivity contribution in [2.45, 2.75) is 6.04 Å². The molecule has 6 N–H and O–H groups in total. The normalized spacial score (nSPS) is 11.5. The molecular formula is C25H23FN6O5. The number of carboxylic acids is 1. The molecule has 3 aromatic carbocycles. The van der Waals surface area contributed by atoms with Gasteiger partial charge < -0.3 is 25.6 Å². The van der Waals surface area contributed by atoms with Gasteiger partial charge in [0, 0.05) is 5.69 Å². The highest BCUT2D eigenvalue weighted by Crippen LogP contribution is 2.33. The van der Waals surface area contributed by atoms with Gasteiger partial charge in [0.25, 0.3) is 0 Å². The van der Waals surface area contributed by atoms with Crippen molar-refractivity contribution >= 4 is 17.5 Å². The lowest BCUT2D eigenvalue weighted by Gasteiger charge is -2.20. The van der Waals surface area contributed by atoms with Crippen LogP contribution < -0.4 is 26.2 Å². The second kappa shape index (κ2) is 10.2. The molecule has 0 saturated heterocycles. The molecule has 1 heterocycles. The predicted octanol–water partition coefficient (Wildman–Crippen LogP) is 2.90. The molecule has 0 fully saturated rings. The van der Waals surface area contributed by atoms with Crippen molar-refractivity contribution in [1.29, 1.82) is 5.41 Å². The molecule has 0 unspecified atom stereocenters. The number of benzene rings is 3. The smallest absolute Gasteiger partial charge is 0.348 e. The average molecular weight is 506 g/mol. The Hall–Kier alpha value is -5.13. The molecule has 0 aliphatic carbocycles. The number of aromatic carboxylic acids is 1. The lowest BCUT2D eigenvalue weighted by Crippen LogP contribution is -2.18. The third kappa shape index (κ3) is 4.98. The summed E-state index contributed by atoms with van der Waals surface area (Å²) in [6.45, 7) is 0. The third-order valence-corrected chi connectivity index (χ3v) is 5.58. The third-order valence-electron chi connectivity index (χ3n) is 5.58. The number of carboxylic acid groups (broad SMARTS) is 1. The maximum atomic E-state index is 14.6. The first-order chi connectivity index (χ1) is 17.7. The van der Waals surface area contributed by atoms with Gasteiger partial charge in [-0.3, -0.25) is 10.4 Å². The van der Waals surface area contributed by atoms with E-state index in [9.17, 15) is 19.1 Å². The van der Waals surface area contributed by atoms with Gasteiger partial charge in [-0.25, -0.2) is 14.0 Å². The number of nitrogens with one attached hydrogen (secondary N) is 3. The van der Waals surface area contributed by atoms with Gasteiger partial charge in [0.1, 0.15) is 17.7 Å². The number of halogens is 1. The zero-order valence-corrected chi connectivity index (χ0v) is 19.8. The van der Waals surface area contributed by atoms with Crippen molar-refractivity contribution in [2.75, 3.05) is 19.5 Å². The summed E-state index contributed by atoms with van der Waals surface area (Å²) in [5, 5.41) is 24.5. The first kappa shape index (κ1) is 25.0. The Morgan fingerprint density at radius 2 is 1.84 bits per heavy atom. The van der Waals surface area contributed by atoms with E-state index >= 15 is 0 Å². The molecule has 12 heteroatoms. The second-order valence-electron chi connectivity index (χ2n) is 7.85. The molecular weight excluding hydrogens is 483 g/mol. The maximum Gasteiger partial charge on any atom is 0.348 e. The molecule has 1 atom stereocenters. The van der Waals surface area contributed by atoms with E-state index in [2.05, 4.69) is 15.4 Å². The first-order valence-corrected chi connectivity index (χ1v) is 10.9. The summed E-state index contributed by atoms with van der Waals surface area (Å²) in [7, 11) is 2.96. The molecule has 37 heavy (non-hydrogen) atoms. The van der Waals surface area contributed by atoms with Crippen molar-refractivity contribution < 1.29 is 23.8 Å². The van der Waals surface area contributed by atoms with Crippen LogP contribution in [0.25, 0.3) is 5.69 Å². The monoisotopic (exact) mass is 506 g/mol. The molecule has 0 saturated carbocycles. The highest BCUT2D eigenvalue weighted by Gasteiger charge is 2.24. The van der Waals surface area contributed by atoms with Crippen LogP contribution in [0.3, 0.4) is 0 Å². The Labute approximate surface area is 209 Å². The summed E-state index contributed by atoms with van der Waals surface area (Å²) in [6, 6.07) is 14.2. The van der Waals surface area contributed by atoms with Gasteiger partial charge in [-0.1, -0.05) is 18.2 Å². The number of anilines is 1. The predicted molar refractivity (Wildman–Crippen MR) is 134 cm³/mol. The summed E-state index contributed by atoms with van der Waals surface area (Å²) < 4.78 is 26.2. The van der Waals surface area contributed by atoms with Crippen LogP contribution in [-0.2, 0) is 0 Å². The molecule has 0 bridgehead atoms. The number of H-pyrrole nitrogens is 1. The lowest BCUT2D eigenvalue weighted by molar-refractivity contribution is 0.0696. The molecule has 0 amide bonds. The number of amidine groups is 1. The van der Waals surface area contributed by atoms with E-state index in [0.29, 0.717) is 22.7 Å². The fraction of sp³-hybridized carbons (Fsp3) is 0.120. The number of carbonyl (C=O) groups is 1. The number of methoxy groups -OCH3 is 2. The fourth-order valence-corrected chi connectivity index (χ4v) is 3.80. The number of ether oxygens (including phenoxy) is 2. The SMILES string of the molecule is COc1ccc([C@H](Nc2ccc(C(=N)N)c(F)c2)c2nn(-c3ccccc3C(=O)O)c(=O)[nH]2)cc1OC. The molecule has 0 aliphatic rings. The molecule has 11 nitrogen and oxygen atoms in total. The quantitative estimate of drug-likeness (QED) is 0.171. The van der Waals surface area contributed by atoms with Crippen molar-refractivity contribution in [2.24, 2.45) is 5.73 Å². The lowest BCUT2D eigenvalue weighted by atomic mass is 10.0. The number of hydrogen-bond acceptors (Lipinski definition) is 7. The second-order valence-corrected chi connectivity index (χ2v) is 7.85. The Balaban J connectivity index is 1.84. The molecule has 1 aromatic heterocycles. The number of nitrogens with zero attached hydrogens (tertiary/aromatic N) is 2. The van der Waals surface area contributed by atoms with E-state index in [0.717, 1.165) is 4.68 Å². The number of nitrogen functional groups attached to an aromatic ring is 1. The highest BCUT2D eigenvalue weighted by molar-refractivity contribution is 5.95. The van der Waals surface area contributed by atoms with E-state index in [1.165, 1.54) is 44.6 Å². The largest absolute Gasteiger partial charge is 0.493 e. The van der Waals surface area contributed by atoms with E-state index < -0.39 is 29.4 Å². The van der Waals surface area contributed by atoms with Crippen LogP contribution in [0.5, 0.6) is 11.5 Å². The van der Waals surface area contributed by atoms with Gasteiger partial charge in [0.15, 0.2) is 17.3 Å². The van der Waals surface area contributed by atoms with Crippen LogP contribution in [0.4, 0.5) is 10.1 Å². The standard InChI is InChI=1S/C25H23FN6O5/c1-36-19-10-7-13(11-20(19)37-2)21(29-14-8-9-15(22(27)28)17(26)12-14)23-30-25(35)32(31-23)18-6-4-3-5-16(18)24(33)34/h3-12,21,29H,1-2H3,(H3,27,28)(H,33,34)(H,30,31,35)/t21-/m0/s1. The van der Waals surface area contributed by atoms with Crippen LogP contribution in [-0.4, -0.2) is 45.9 Å². The van der Waals surface area contributed by atoms with Crippen molar-refractivity contribution in [1.82, 2.24) is 14.8 Å². The molecule has 4 rings (SSSR count). The van der Waals surface area contributed by atoms with Gasteiger partial charge in [-0.15, -0.1) is 5.10 Å². The molecule has 0 radical (unpaired) electrons. The number of aromatic nitrogens is 3. The Morgan fingerprint density at radius 3 is 2.49 bits per heavy atom. The van der Waals surface area contributed by atoms with Gasteiger partial charge in [-0.2, -0.15) is 4.68 Å². The molecule has 0 aliphatic heterocycles. The molecule has 4 aromatic rings. The Morgan fingerprint density at radius 1 is 1.11 bits per heavy atom. The van der Waals surface area contributed by atoms with Gasteiger partial charge >= 0.3 is 11.7 Å². The summed E-state index contributed by atoms with van der Waals surface area (Å²) in [4.78, 5) is 27.2. The molecule has 190 valence electrons. The number of rotatable bonds is 9. The summed E-state index contributed by atoms with van der Waals surface area (Å²) in [5.74, 6) is -1.35. The van der Waals surface area contributed by atoms with Gasteiger partial charge in [0.2, 0.25) is 0 Å².